The first-order valence-electron chi connectivity index (χ1n) is 12.0. The molecule has 1 aromatic heterocycles. The Kier molecular flexibility index (Phi) is 7.04. The first kappa shape index (κ1) is 22.6. The van der Waals surface area contributed by atoms with E-state index in [0.717, 1.165) is 18.5 Å². The van der Waals surface area contributed by atoms with E-state index in [1.54, 1.807) is 0 Å². The number of piperidine rings is 2. The number of aromatic amines is 1. The van der Waals surface area contributed by atoms with E-state index in [4.69, 9.17) is 4.74 Å². The quantitative estimate of drug-likeness (QED) is 0.739. The van der Waals surface area contributed by atoms with Crippen molar-refractivity contribution in [2.75, 3.05) is 26.2 Å². The Bertz CT molecular complexity index is 887. The monoisotopic (exact) mass is 440 g/mol. The SMILES string of the molecule is CCc1ccc(C2CC(c3cc(OC(C)C)n[nH]3)CN(C(=O)N3CCC(O)CC3)C2)cc1. The fraction of sp³-hybridized carbons (Fsp3) is 0.600. The van der Waals surface area contributed by atoms with Crippen LogP contribution in [0.1, 0.15) is 68.7 Å². The van der Waals surface area contributed by atoms with Crippen molar-refractivity contribution in [3.05, 3.63) is 47.2 Å². The van der Waals surface area contributed by atoms with Crippen LogP contribution in [0.5, 0.6) is 5.88 Å². The Morgan fingerprint density at radius 3 is 2.50 bits per heavy atom. The maximum absolute atomic E-state index is 13.4. The van der Waals surface area contributed by atoms with Gasteiger partial charge in [-0.25, -0.2) is 4.79 Å². The molecule has 2 atom stereocenters. The van der Waals surface area contributed by atoms with Crippen molar-refractivity contribution in [2.45, 2.75) is 70.5 Å². The maximum atomic E-state index is 13.4. The summed E-state index contributed by atoms with van der Waals surface area (Å²) >= 11 is 0. The summed E-state index contributed by atoms with van der Waals surface area (Å²) in [5, 5.41) is 17.3. The van der Waals surface area contributed by atoms with Gasteiger partial charge in [0.25, 0.3) is 0 Å². The number of nitrogens with one attached hydrogen (secondary N) is 1. The number of carbonyl (C=O) groups excluding carboxylic acids is 1. The summed E-state index contributed by atoms with van der Waals surface area (Å²) in [6.45, 7) is 8.74. The molecule has 0 bridgehead atoms. The molecular weight excluding hydrogens is 404 g/mol. The van der Waals surface area contributed by atoms with Gasteiger partial charge in [-0.3, -0.25) is 5.10 Å². The average Bonchev–Trinajstić information content (AvgIpc) is 3.27. The molecule has 0 radical (unpaired) electrons. The lowest BCUT2D eigenvalue weighted by atomic mass is 9.83. The molecule has 2 saturated heterocycles. The topological polar surface area (TPSA) is 81.7 Å². The third kappa shape index (κ3) is 5.26. The molecule has 2 aliphatic heterocycles. The number of benzene rings is 1. The van der Waals surface area contributed by atoms with Gasteiger partial charge in [0.2, 0.25) is 5.88 Å². The number of rotatable bonds is 5. The molecule has 2 unspecified atom stereocenters. The van der Waals surface area contributed by atoms with Gasteiger partial charge in [-0.1, -0.05) is 31.2 Å². The number of hydrogen-bond acceptors (Lipinski definition) is 4. The second kappa shape index (κ2) is 9.94. The van der Waals surface area contributed by atoms with Crippen LogP contribution in [0.2, 0.25) is 0 Å². The number of aryl methyl sites for hydroxylation is 1. The lowest BCUT2D eigenvalue weighted by molar-refractivity contribution is 0.0755. The molecule has 0 saturated carbocycles. The highest BCUT2D eigenvalue weighted by Gasteiger charge is 2.35. The molecule has 4 rings (SSSR count). The molecule has 3 heterocycles. The molecule has 2 fully saturated rings. The van der Waals surface area contributed by atoms with Crippen molar-refractivity contribution in [3.63, 3.8) is 0 Å². The van der Waals surface area contributed by atoms with Crippen LogP contribution in [0, 0.1) is 0 Å². The fourth-order valence-corrected chi connectivity index (χ4v) is 4.83. The number of hydrogen-bond donors (Lipinski definition) is 2. The number of amides is 2. The van der Waals surface area contributed by atoms with Crippen molar-refractivity contribution in [1.29, 1.82) is 0 Å². The van der Waals surface area contributed by atoms with Gasteiger partial charge in [0.15, 0.2) is 0 Å². The number of carbonyl (C=O) groups is 1. The zero-order valence-corrected chi connectivity index (χ0v) is 19.5. The Labute approximate surface area is 190 Å². The summed E-state index contributed by atoms with van der Waals surface area (Å²) in [5.74, 6) is 1.03. The Morgan fingerprint density at radius 2 is 1.84 bits per heavy atom. The number of aromatic nitrogens is 2. The largest absolute Gasteiger partial charge is 0.474 e. The van der Waals surface area contributed by atoms with Gasteiger partial charge in [-0.2, -0.15) is 0 Å². The molecule has 174 valence electrons. The summed E-state index contributed by atoms with van der Waals surface area (Å²) in [6.07, 6.45) is 3.06. The molecular formula is C25H36N4O3. The summed E-state index contributed by atoms with van der Waals surface area (Å²) in [6, 6.07) is 10.9. The molecule has 0 spiro atoms. The van der Waals surface area contributed by atoms with Gasteiger partial charge in [-0.15, -0.1) is 5.10 Å². The van der Waals surface area contributed by atoms with Crippen LogP contribution < -0.4 is 4.74 Å². The predicted octanol–water partition coefficient (Wildman–Crippen LogP) is 3.91. The first-order valence-corrected chi connectivity index (χ1v) is 12.0. The van der Waals surface area contributed by atoms with Gasteiger partial charge in [0.1, 0.15) is 0 Å². The van der Waals surface area contributed by atoms with Crippen molar-refractivity contribution < 1.29 is 14.6 Å². The van der Waals surface area contributed by atoms with Crippen molar-refractivity contribution in [3.8, 4) is 5.88 Å². The molecule has 7 heteroatoms. The van der Waals surface area contributed by atoms with E-state index in [2.05, 4.69) is 41.4 Å². The number of nitrogens with zero attached hydrogens (tertiary/aromatic N) is 3. The van der Waals surface area contributed by atoms with Crippen LogP contribution in [0.4, 0.5) is 4.79 Å². The van der Waals surface area contributed by atoms with Gasteiger partial charge < -0.3 is 19.6 Å². The molecule has 7 nitrogen and oxygen atoms in total. The minimum Gasteiger partial charge on any atom is -0.474 e. The normalized spacial score (nSPS) is 22.4. The van der Waals surface area contributed by atoms with Crippen LogP contribution in [0.3, 0.4) is 0 Å². The van der Waals surface area contributed by atoms with Crippen LogP contribution in [-0.2, 0) is 6.42 Å². The predicted molar refractivity (Wildman–Crippen MR) is 124 cm³/mol. The number of aliphatic hydroxyl groups excluding tert-OH is 1. The number of ether oxygens (including phenoxy) is 1. The Hall–Kier alpha value is -2.54. The van der Waals surface area contributed by atoms with E-state index in [0.29, 0.717) is 44.9 Å². The van der Waals surface area contributed by atoms with E-state index in [-0.39, 0.29) is 30.1 Å². The average molecular weight is 441 g/mol. The highest BCUT2D eigenvalue weighted by molar-refractivity contribution is 5.75. The van der Waals surface area contributed by atoms with Gasteiger partial charge in [-0.05, 0) is 50.7 Å². The summed E-state index contributed by atoms with van der Waals surface area (Å²) in [5.41, 5.74) is 3.62. The number of urea groups is 1. The zero-order chi connectivity index (χ0) is 22.7. The number of aliphatic hydroxyl groups is 1. The van der Waals surface area contributed by atoms with Crippen molar-refractivity contribution >= 4 is 6.03 Å². The van der Waals surface area contributed by atoms with Crippen LogP contribution in [0.15, 0.2) is 30.3 Å². The Morgan fingerprint density at radius 1 is 1.16 bits per heavy atom. The third-order valence-corrected chi connectivity index (χ3v) is 6.69. The highest BCUT2D eigenvalue weighted by Crippen LogP contribution is 2.36. The number of H-pyrrole nitrogens is 1. The summed E-state index contributed by atoms with van der Waals surface area (Å²) < 4.78 is 5.75. The lowest BCUT2D eigenvalue weighted by Crippen LogP contribution is -2.51. The van der Waals surface area contributed by atoms with E-state index in [1.165, 1.54) is 11.1 Å². The highest BCUT2D eigenvalue weighted by atomic mass is 16.5. The molecule has 0 aliphatic carbocycles. The summed E-state index contributed by atoms with van der Waals surface area (Å²) in [7, 11) is 0. The molecule has 2 amide bonds. The van der Waals surface area contributed by atoms with Gasteiger partial charge in [0, 0.05) is 49.8 Å². The van der Waals surface area contributed by atoms with Crippen molar-refractivity contribution in [2.24, 2.45) is 0 Å². The minimum atomic E-state index is -0.289. The van der Waals surface area contributed by atoms with E-state index >= 15 is 0 Å². The molecule has 2 aromatic rings. The Balaban J connectivity index is 1.55. The number of likely N-dealkylation sites (tertiary alicyclic amines) is 2. The lowest BCUT2D eigenvalue weighted by Gasteiger charge is -2.41. The molecule has 1 aromatic carbocycles. The minimum absolute atomic E-state index is 0.0647. The van der Waals surface area contributed by atoms with E-state index < -0.39 is 0 Å². The van der Waals surface area contributed by atoms with E-state index in [1.807, 2.05) is 29.7 Å². The first-order chi connectivity index (χ1) is 15.4. The third-order valence-electron chi connectivity index (χ3n) is 6.69. The zero-order valence-electron chi connectivity index (χ0n) is 19.5. The smallest absolute Gasteiger partial charge is 0.320 e. The maximum Gasteiger partial charge on any atom is 0.320 e. The fourth-order valence-electron chi connectivity index (χ4n) is 4.83. The van der Waals surface area contributed by atoms with Gasteiger partial charge >= 0.3 is 6.03 Å². The second-order valence-electron chi connectivity index (χ2n) is 9.46. The summed E-state index contributed by atoms with van der Waals surface area (Å²) in [4.78, 5) is 17.3. The van der Waals surface area contributed by atoms with Crippen molar-refractivity contribution in [1.82, 2.24) is 20.0 Å². The second-order valence-corrected chi connectivity index (χ2v) is 9.46. The van der Waals surface area contributed by atoms with Gasteiger partial charge in [0.05, 0.1) is 12.2 Å². The standard InChI is InChI=1S/C25H36N4O3/c1-4-18-5-7-19(8-6-18)20-13-21(23-14-24(27-26-23)32-17(2)3)16-29(15-20)25(31)28-11-9-22(30)10-12-28/h5-8,14,17,20-22,30H,4,9-13,15-16H2,1-3H3,(H,26,27). The molecule has 2 aliphatic rings. The van der Waals surface area contributed by atoms with Crippen LogP contribution in [0.25, 0.3) is 0 Å². The van der Waals surface area contributed by atoms with Crippen LogP contribution in [-0.4, -0.2) is 69.5 Å². The molecule has 2 N–H and O–H groups in total. The van der Waals surface area contributed by atoms with E-state index in [9.17, 15) is 9.90 Å². The van der Waals surface area contributed by atoms with Crippen LogP contribution >= 0.6 is 0 Å². The molecule has 32 heavy (non-hydrogen) atoms.